The topological polar surface area (TPSA) is 50.9 Å². The van der Waals surface area contributed by atoms with Crippen molar-refractivity contribution in [1.82, 2.24) is 4.98 Å². The van der Waals surface area contributed by atoms with Crippen molar-refractivity contribution >= 4 is 27.4 Å². The number of nitrogens with two attached hydrogens (primary N) is 1. The Morgan fingerprint density at radius 3 is 2.67 bits per heavy atom. The van der Waals surface area contributed by atoms with Crippen LogP contribution < -0.4 is 11.1 Å². The van der Waals surface area contributed by atoms with Crippen molar-refractivity contribution in [3.05, 3.63) is 52.4 Å². The lowest BCUT2D eigenvalue weighted by Gasteiger charge is -2.08. The van der Waals surface area contributed by atoms with E-state index < -0.39 is 0 Å². The van der Waals surface area contributed by atoms with E-state index in [0.717, 1.165) is 28.8 Å². The number of aromatic nitrogens is 1. The quantitative estimate of drug-likeness (QED) is 0.911. The van der Waals surface area contributed by atoms with Crippen molar-refractivity contribution in [2.24, 2.45) is 0 Å². The van der Waals surface area contributed by atoms with Gasteiger partial charge in [-0.25, -0.2) is 9.37 Å². The summed E-state index contributed by atoms with van der Waals surface area (Å²) < 4.78 is 13.6. The second-order valence-electron chi connectivity index (χ2n) is 3.90. The van der Waals surface area contributed by atoms with Gasteiger partial charge in [-0.1, -0.05) is 12.1 Å². The van der Waals surface area contributed by atoms with Crippen LogP contribution in [0.15, 0.2) is 41.0 Å². The van der Waals surface area contributed by atoms with Gasteiger partial charge in [0.25, 0.3) is 0 Å². The van der Waals surface area contributed by atoms with Gasteiger partial charge in [0.15, 0.2) is 0 Å². The number of hydrogen-bond acceptors (Lipinski definition) is 3. The standard InChI is InChI=1S/C13H13BrFN3/c14-12-7-11(16)8-18-13(12)17-6-5-9-1-3-10(15)4-2-9/h1-4,7-8H,5-6,16H2,(H,17,18). The molecule has 94 valence electrons. The minimum absolute atomic E-state index is 0.213. The van der Waals surface area contributed by atoms with Crippen LogP contribution in [0.3, 0.4) is 0 Å². The van der Waals surface area contributed by atoms with Gasteiger partial charge in [0.05, 0.1) is 16.4 Å². The van der Waals surface area contributed by atoms with Gasteiger partial charge >= 0.3 is 0 Å². The van der Waals surface area contributed by atoms with E-state index in [4.69, 9.17) is 5.73 Å². The molecule has 0 fully saturated rings. The first-order chi connectivity index (χ1) is 8.65. The van der Waals surface area contributed by atoms with Crippen molar-refractivity contribution in [3.63, 3.8) is 0 Å². The van der Waals surface area contributed by atoms with Crippen LogP contribution in [0.2, 0.25) is 0 Å². The number of anilines is 2. The first kappa shape index (κ1) is 12.8. The third kappa shape index (κ3) is 3.43. The highest BCUT2D eigenvalue weighted by Gasteiger charge is 2.01. The Balaban J connectivity index is 1.90. The number of rotatable bonds is 4. The largest absolute Gasteiger partial charge is 0.397 e. The molecule has 0 unspecified atom stereocenters. The van der Waals surface area contributed by atoms with Gasteiger partial charge in [-0.05, 0) is 46.1 Å². The van der Waals surface area contributed by atoms with Gasteiger partial charge in [-0.15, -0.1) is 0 Å². The van der Waals surface area contributed by atoms with Crippen LogP contribution in [0.5, 0.6) is 0 Å². The number of nitrogen functional groups attached to an aromatic ring is 1. The van der Waals surface area contributed by atoms with Crippen molar-refractivity contribution in [3.8, 4) is 0 Å². The Morgan fingerprint density at radius 2 is 2.00 bits per heavy atom. The summed E-state index contributed by atoms with van der Waals surface area (Å²) in [5, 5.41) is 3.20. The summed E-state index contributed by atoms with van der Waals surface area (Å²) in [5.41, 5.74) is 7.30. The minimum atomic E-state index is -0.213. The van der Waals surface area contributed by atoms with Crippen LogP contribution in [-0.4, -0.2) is 11.5 Å². The highest BCUT2D eigenvalue weighted by atomic mass is 79.9. The summed E-state index contributed by atoms with van der Waals surface area (Å²) in [6.45, 7) is 0.723. The number of pyridine rings is 1. The maximum absolute atomic E-state index is 12.7. The SMILES string of the molecule is Nc1cnc(NCCc2ccc(F)cc2)c(Br)c1. The third-order valence-corrected chi connectivity index (χ3v) is 3.09. The van der Waals surface area contributed by atoms with Gasteiger partial charge in [0.1, 0.15) is 11.6 Å². The number of nitrogens with zero attached hydrogens (tertiary/aromatic N) is 1. The lowest BCUT2D eigenvalue weighted by molar-refractivity contribution is 0.627. The Bertz CT molecular complexity index is 528. The summed E-state index contributed by atoms with van der Waals surface area (Å²) in [6.07, 6.45) is 2.41. The maximum atomic E-state index is 12.7. The van der Waals surface area contributed by atoms with E-state index in [1.54, 1.807) is 24.4 Å². The summed E-state index contributed by atoms with van der Waals surface area (Å²) >= 11 is 3.39. The molecule has 0 radical (unpaired) electrons. The Hall–Kier alpha value is -1.62. The predicted octanol–water partition coefficient (Wildman–Crippen LogP) is 3.22. The van der Waals surface area contributed by atoms with E-state index >= 15 is 0 Å². The van der Waals surface area contributed by atoms with Crippen LogP contribution in [0, 0.1) is 5.82 Å². The molecule has 0 saturated heterocycles. The molecule has 0 atom stereocenters. The zero-order valence-corrected chi connectivity index (χ0v) is 11.2. The molecule has 0 saturated carbocycles. The average molecular weight is 310 g/mol. The fourth-order valence-electron chi connectivity index (χ4n) is 1.56. The molecule has 1 aromatic heterocycles. The van der Waals surface area contributed by atoms with Gasteiger partial charge < -0.3 is 11.1 Å². The molecule has 0 bridgehead atoms. The Labute approximate surface area is 113 Å². The van der Waals surface area contributed by atoms with Crippen molar-refractivity contribution < 1.29 is 4.39 Å². The molecule has 18 heavy (non-hydrogen) atoms. The molecule has 0 aliphatic carbocycles. The summed E-state index contributed by atoms with van der Waals surface area (Å²) in [5.74, 6) is 0.543. The van der Waals surface area contributed by atoms with Crippen molar-refractivity contribution in [2.75, 3.05) is 17.6 Å². The number of halogens is 2. The lowest BCUT2D eigenvalue weighted by Crippen LogP contribution is -2.07. The van der Waals surface area contributed by atoms with Crippen molar-refractivity contribution in [2.45, 2.75) is 6.42 Å². The van der Waals surface area contributed by atoms with Crippen LogP contribution in [-0.2, 0) is 6.42 Å². The molecule has 3 N–H and O–H groups in total. The van der Waals surface area contributed by atoms with E-state index in [0.29, 0.717) is 5.69 Å². The number of hydrogen-bond donors (Lipinski definition) is 2. The van der Waals surface area contributed by atoms with Crippen molar-refractivity contribution in [1.29, 1.82) is 0 Å². The number of benzene rings is 1. The average Bonchev–Trinajstić information content (AvgIpc) is 2.34. The van der Waals surface area contributed by atoms with Crippen LogP contribution in [0.1, 0.15) is 5.56 Å². The monoisotopic (exact) mass is 309 g/mol. The number of nitrogens with one attached hydrogen (secondary N) is 1. The summed E-state index contributed by atoms with van der Waals surface area (Å²) in [4.78, 5) is 4.18. The second-order valence-corrected chi connectivity index (χ2v) is 4.76. The Morgan fingerprint density at radius 1 is 1.28 bits per heavy atom. The van der Waals surface area contributed by atoms with Crippen LogP contribution in [0.4, 0.5) is 15.9 Å². The molecular weight excluding hydrogens is 297 g/mol. The second kappa shape index (κ2) is 5.82. The molecule has 0 aliphatic heterocycles. The highest BCUT2D eigenvalue weighted by Crippen LogP contribution is 2.21. The van der Waals surface area contributed by atoms with Gasteiger partial charge in [0.2, 0.25) is 0 Å². The molecule has 1 aromatic carbocycles. The molecule has 3 nitrogen and oxygen atoms in total. The maximum Gasteiger partial charge on any atom is 0.140 e. The summed E-state index contributed by atoms with van der Waals surface area (Å²) in [6, 6.07) is 8.29. The van der Waals surface area contributed by atoms with E-state index in [2.05, 4.69) is 26.2 Å². The van der Waals surface area contributed by atoms with E-state index in [9.17, 15) is 4.39 Å². The minimum Gasteiger partial charge on any atom is -0.397 e. The molecule has 0 spiro atoms. The first-order valence-electron chi connectivity index (χ1n) is 5.54. The molecule has 2 rings (SSSR count). The highest BCUT2D eigenvalue weighted by molar-refractivity contribution is 9.10. The fraction of sp³-hybridized carbons (Fsp3) is 0.154. The molecule has 0 amide bonds. The molecule has 1 heterocycles. The summed E-state index contributed by atoms with van der Waals surface area (Å²) in [7, 11) is 0. The van der Waals surface area contributed by atoms with E-state index in [1.165, 1.54) is 12.1 Å². The molecular formula is C13H13BrFN3. The zero-order valence-electron chi connectivity index (χ0n) is 9.66. The molecule has 5 heteroatoms. The lowest BCUT2D eigenvalue weighted by atomic mass is 10.1. The fourth-order valence-corrected chi connectivity index (χ4v) is 2.07. The Kier molecular flexibility index (Phi) is 4.15. The van der Waals surface area contributed by atoms with E-state index in [-0.39, 0.29) is 5.82 Å². The first-order valence-corrected chi connectivity index (χ1v) is 6.34. The third-order valence-electron chi connectivity index (χ3n) is 2.48. The molecule has 2 aromatic rings. The van der Waals surface area contributed by atoms with Crippen LogP contribution in [0.25, 0.3) is 0 Å². The van der Waals surface area contributed by atoms with Crippen LogP contribution >= 0.6 is 15.9 Å². The van der Waals surface area contributed by atoms with Gasteiger partial charge in [0, 0.05) is 6.54 Å². The van der Waals surface area contributed by atoms with Gasteiger partial charge in [-0.2, -0.15) is 0 Å². The normalized spacial score (nSPS) is 10.3. The van der Waals surface area contributed by atoms with E-state index in [1.807, 2.05) is 0 Å². The predicted molar refractivity (Wildman–Crippen MR) is 74.9 cm³/mol. The zero-order chi connectivity index (χ0) is 13.0. The smallest absolute Gasteiger partial charge is 0.140 e. The molecule has 0 aliphatic rings. The van der Waals surface area contributed by atoms with Gasteiger partial charge in [-0.3, -0.25) is 0 Å².